The first kappa shape index (κ1) is 17.1. The number of ether oxygens (including phenoxy) is 1. The van der Waals surface area contributed by atoms with Gasteiger partial charge in [-0.2, -0.15) is 0 Å². The summed E-state index contributed by atoms with van der Waals surface area (Å²) in [6, 6.07) is 28.2. The fourth-order valence-electron chi connectivity index (χ4n) is 2.39. The Morgan fingerprint density at radius 1 is 0.800 bits per heavy atom. The summed E-state index contributed by atoms with van der Waals surface area (Å²) in [4.78, 5) is 15.4. The van der Waals surface area contributed by atoms with Crippen LogP contribution in [0.5, 0.6) is 5.75 Å². The van der Waals surface area contributed by atoms with E-state index in [0.717, 1.165) is 4.90 Å². The molecule has 0 heterocycles. The van der Waals surface area contributed by atoms with Crippen molar-refractivity contribution >= 4 is 16.9 Å². The molecule has 0 N–H and O–H groups in total. The summed E-state index contributed by atoms with van der Waals surface area (Å²) in [5.74, 6) is 0.170. The zero-order valence-electron chi connectivity index (χ0n) is 14.0. The van der Waals surface area contributed by atoms with E-state index in [2.05, 4.69) is 30.8 Å². The standard InChI is InChI=1S/C22H19O2S/c1-17(2)22(23)24-20-15-9-10-16-21(20)25(18-11-5-3-6-12-18)19-13-7-4-8-14-19/h3-16H,1H2,2H3/q+1. The van der Waals surface area contributed by atoms with E-state index in [0.29, 0.717) is 11.3 Å². The van der Waals surface area contributed by atoms with Crippen molar-refractivity contribution in [3.63, 3.8) is 0 Å². The van der Waals surface area contributed by atoms with Crippen LogP contribution in [0, 0.1) is 0 Å². The molecule has 0 aliphatic heterocycles. The SMILES string of the molecule is C=C(C)C(=O)Oc1ccccc1[S+](c1ccccc1)c1ccccc1. The van der Waals surface area contributed by atoms with Gasteiger partial charge in [0, 0.05) is 5.57 Å². The number of para-hydroxylation sites is 1. The van der Waals surface area contributed by atoms with Crippen molar-refractivity contribution in [1.29, 1.82) is 0 Å². The Labute approximate surface area is 151 Å². The molecule has 0 unspecified atom stereocenters. The molecule has 0 aliphatic carbocycles. The number of esters is 1. The fourth-order valence-corrected chi connectivity index (χ4v) is 4.56. The largest absolute Gasteiger partial charge is 0.418 e. The van der Waals surface area contributed by atoms with Gasteiger partial charge in [0.1, 0.15) is 10.9 Å². The van der Waals surface area contributed by atoms with Crippen molar-refractivity contribution in [2.45, 2.75) is 21.6 Å². The maximum Gasteiger partial charge on any atom is 0.338 e. The first-order chi connectivity index (χ1) is 12.2. The van der Waals surface area contributed by atoms with Gasteiger partial charge >= 0.3 is 5.97 Å². The van der Waals surface area contributed by atoms with Crippen molar-refractivity contribution in [1.82, 2.24) is 0 Å². The highest BCUT2D eigenvalue weighted by Crippen LogP contribution is 2.36. The maximum atomic E-state index is 12.0. The molecule has 0 aliphatic rings. The Hall–Kier alpha value is -2.78. The van der Waals surface area contributed by atoms with Crippen LogP contribution in [0.4, 0.5) is 0 Å². The summed E-state index contributed by atoms with van der Waals surface area (Å²) in [5, 5.41) is 0. The third kappa shape index (κ3) is 4.01. The smallest absolute Gasteiger partial charge is 0.338 e. The van der Waals surface area contributed by atoms with E-state index in [-0.39, 0.29) is 10.9 Å². The third-order valence-electron chi connectivity index (χ3n) is 3.58. The van der Waals surface area contributed by atoms with E-state index in [9.17, 15) is 4.79 Å². The lowest BCUT2D eigenvalue weighted by Gasteiger charge is -2.12. The summed E-state index contributed by atoms with van der Waals surface area (Å²) in [6.45, 7) is 5.32. The molecule has 3 aromatic rings. The number of benzene rings is 3. The van der Waals surface area contributed by atoms with E-state index in [1.54, 1.807) is 6.92 Å². The zero-order valence-corrected chi connectivity index (χ0v) is 14.8. The predicted octanol–water partition coefficient (Wildman–Crippen LogP) is 5.26. The lowest BCUT2D eigenvalue weighted by atomic mass is 10.3. The van der Waals surface area contributed by atoms with Gasteiger partial charge in [-0.1, -0.05) is 55.1 Å². The molecule has 3 heteroatoms. The monoisotopic (exact) mass is 347 g/mol. The normalized spacial score (nSPS) is 10.5. The van der Waals surface area contributed by atoms with Crippen LogP contribution >= 0.6 is 0 Å². The van der Waals surface area contributed by atoms with Crippen molar-refractivity contribution in [2.24, 2.45) is 0 Å². The minimum atomic E-state index is -0.405. The molecule has 0 bridgehead atoms. The van der Waals surface area contributed by atoms with E-state index in [1.807, 2.05) is 60.7 Å². The number of carbonyl (C=O) groups excluding carboxylic acids is 1. The Kier molecular flexibility index (Phi) is 5.36. The van der Waals surface area contributed by atoms with Crippen molar-refractivity contribution in [3.8, 4) is 5.75 Å². The van der Waals surface area contributed by atoms with Gasteiger partial charge in [-0.25, -0.2) is 4.79 Å². The highest BCUT2D eigenvalue weighted by Gasteiger charge is 2.32. The lowest BCUT2D eigenvalue weighted by molar-refractivity contribution is -0.130. The topological polar surface area (TPSA) is 26.3 Å². The molecule has 0 atom stereocenters. The van der Waals surface area contributed by atoms with E-state index in [1.165, 1.54) is 9.79 Å². The molecule has 25 heavy (non-hydrogen) atoms. The molecule has 0 fully saturated rings. The molecule has 2 nitrogen and oxygen atoms in total. The van der Waals surface area contributed by atoms with Gasteiger partial charge in [0.15, 0.2) is 15.5 Å². The molecule has 3 rings (SSSR count). The Bertz CT molecular complexity index is 833. The van der Waals surface area contributed by atoms with Gasteiger partial charge in [0.25, 0.3) is 0 Å². The highest BCUT2D eigenvalue weighted by molar-refractivity contribution is 7.97. The van der Waals surface area contributed by atoms with Crippen LogP contribution in [0.3, 0.4) is 0 Å². The predicted molar refractivity (Wildman–Crippen MR) is 102 cm³/mol. The van der Waals surface area contributed by atoms with Gasteiger partial charge in [0.2, 0.25) is 4.90 Å². The molecule has 0 radical (unpaired) electrons. The molecule has 0 saturated heterocycles. The molecule has 3 aromatic carbocycles. The van der Waals surface area contributed by atoms with Gasteiger partial charge in [-0.05, 0) is 43.3 Å². The lowest BCUT2D eigenvalue weighted by Crippen LogP contribution is -2.12. The minimum Gasteiger partial charge on any atom is -0.418 e. The molecule has 0 aromatic heterocycles. The average molecular weight is 347 g/mol. The second kappa shape index (κ2) is 7.86. The van der Waals surface area contributed by atoms with Crippen molar-refractivity contribution in [2.75, 3.05) is 0 Å². The van der Waals surface area contributed by atoms with Crippen LogP contribution < -0.4 is 4.74 Å². The Balaban J connectivity index is 2.12. The van der Waals surface area contributed by atoms with Crippen LogP contribution in [-0.4, -0.2) is 5.97 Å². The number of rotatable bonds is 5. The van der Waals surface area contributed by atoms with Gasteiger partial charge in [-0.3, -0.25) is 0 Å². The highest BCUT2D eigenvalue weighted by atomic mass is 32.2. The Morgan fingerprint density at radius 3 is 1.80 bits per heavy atom. The number of hydrogen-bond donors (Lipinski definition) is 0. The van der Waals surface area contributed by atoms with E-state index < -0.39 is 5.97 Å². The maximum absolute atomic E-state index is 12.0. The number of hydrogen-bond acceptors (Lipinski definition) is 2. The molecular weight excluding hydrogens is 328 g/mol. The molecule has 0 spiro atoms. The molecule has 124 valence electrons. The van der Waals surface area contributed by atoms with Crippen LogP contribution in [0.2, 0.25) is 0 Å². The van der Waals surface area contributed by atoms with Gasteiger partial charge in [0.05, 0.1) is 0 Å². The van der Waals surface area contributed by atoms with Crippen molar-refractivity contribution < 1.29 is 9.53 Å². The van der Waals surface area contributed by atoms with Crippen LogP contribution in [0.1, 0.15) is 6.92 Å². The number of carbonyl (C=O) groups is 1. The van der Waals surface area contributed by atoms with Gasteiger partial charge in [-0.15, -0.1) is 0 Å². The second-order valence-corrected chi connectivity index (χ2v) is 7.54. The van der Waals surface area contributed by atoms with Crippen LogP contribution in [0.15, 0.2) is 112 Å². The first-order valence-corrected chi connectivity index (χ1v) is 9.20. The Morgan fingerprint density at radius 2 is 1.28 bits per heavy atom. The van der Waals surface area contributed by atoms with E-state index in [4.69, 9.17) is 4.74 Å². The third-order valence-corrected chi connectivity index (χ3v) is 5.84. The van der Waals surface area contributed by atoms with Crippen molar-refractivity contribution in [3.05, 3.63) is 97.1 Å². The summed E-state index contributed by atoms with van der Waals surface area (Å²) < 4.78 is 5.60. The first-order valence-electron chi connectivity index (χ1n) is 7.98. The summed E-state index contributed by atoms with van der Waals surface area (Å²) in [7, 11) is -0.363. The molecule has 0 saturated carbocycles. The molecule has 0 amide bonds. The summed E-state index contributed by atoms with van der Waals surface area (Å²) >= 11 is 0. The summed E-state index contributed by atoms with van der Waals surface area (Å²) in [6.07, 6.45) is 0. The van der Waals surface area contributed by atoms with E-state index >= 15 is 0 Å². The van der Waals surface area contributed by atoms with Gasteiger partial charge < -0.3 is 4.74 Å². The van der Waals surface area contributed by atoms with Crippen LogP contribution in [-0.2, 0) is 15.7 Å². The fraction of sp³-hybridized carbons (Fsp3) is 0.0455. The zero-order chi connectivity index (χ0) is 17.6. The minimum absolute atomic E-state index is 0.363. The van der Waals surface area contributed by atoms with Crippen LogP contribution in [0.25, 0.3) is 0 Å². The average Bonchev–Trinajstić information content (AvgIpc) is 2.65. The second-order valence-electron chi connectivity index (χ2n) is 5.55. The summed E-state index contributed by atoms with van der Waals surface area (Å²) in [5.41, 5.74) is 0.383. The molecular formula is C22H19O2S+. The quantitative estimate of drug-likeness (QED) is 0.272.